The van der Waals surface area contributed by atoms with Crippen LogP contribution >= 0.6 is 12.4 Å². The van der Waals surface area contributed by atoms with E-state index in [0.717, 1.165) is 12.8 Å². The van der Waals surface area contributed by atoms with Gasteiger partial charge in [0, 0.05) is 25.0 Å². The monoisotopic (exact) mass is 300 g/mol. The number of benzene rings is 1. The third-order valence-corrected chi connectivity index (χ3v) is 3.41. The van der Waals surface area contributed by atoms with Crippen LogP contribution in [0.2, 0.25) is 0 Å². The summed E-state index contributed by atoms with van der Waals surface area (Å²) in [6.45, 7) is 1.37. The number of halogens is 1. The summed E-state index contributed by atoms with van der Waals surface area (Å²) >= 11 is 0. The average molecular weight is 301 g/mol. The molecule has 0 spiro atoms. The Morgan fingerprint density at radius 1 is 1.45 bits per heavy atom. The van der Waals surface area contributed by atoms with E-state index in [1.165, 1.54) is 0 Å². The second-order valence-electron chi connectivity index (χ2n) is 4.70. The van der Waals surface area contributed by atoms with Crippen molar-refractivity contribution in [2.45, 2.75) is 18.9 Å². The molecule has 0 saturated carbocycles. The van der Waals surface area contributed by atoms with Crippen LogP contribution in [-0.4, -0.2) is 32.3 Å². The zero-order valence-electron chi connectivity index (χ0n) is 11.5. The molecule has 5 nitrogen and oxygen atoms in total. The number of methoxy groups -OCH3 is 1. The first-order chi connectivity index (χ1) is 9.20. The second kappa shape index (κ2) is 8.09. The molecular weight excluding hydrogens is 280 g/mol. The summed E-state index contributed by atoms with van der Waals surface area (Å²) in [5.74, 6) is 0.747. The van der Waals surface area contributed by atoms with E-state index >= 15 is 0 Å². The van der Waals surface area contributed by atoms with Crippen molar-refractivity contribution in [1.29, 1.82) is 0 Å². The molecule has 1 atom stereocenters. The van der Waals surface area contributed by atoms with Crippen LogP contribution in [0, 0.1) is 5.92 Å². The normalized spacial score (nSPS) is 16.9. The number of rotatable bonds is 4. The smallest absolute Gasteiger partial charge is 0.241 e. The molecule has 20 heavy (non-hydrogen) atoms. The van der Waals surface area contributed by atoms with E-state index in [0.29, 0.717) is 24.7 Å². The molecular formula is C14H21ClN2O3. The van der Waals surface area contributed by atoms with Crippen molar-refractivity contribution in [3.05, 3.63) is 24.3 Å². The number of hydrogen-bond donors (Lipinski definition) is 2. The highest BCUT2D eigenvalue weighted by Gasteiger charge is 2.26. The van der Waals surface area contributed by atoms with Gasteiger partial charge < -0.3 is 20.5 Å². The number of carbonyl (C=O) groups is 1. The molecule has 1 aromatic rings. The van der Waals surface area contributed by atoms with Gasteiger partial charge >= 0.3 is 0 Å². The molecule has 0 aliphatic carbocycles. The van der Waals surface area contributed by atoms with E-state index in [2.05, 4.69) is 5.32 Å². The fourth-order valence-corrected chi connectivity index (χ4v) is 2.22. The number of anilines is 1. The minimum Gasteiger partial charge on any atom is -0.497 e. The lowest BCUT2D eigenvalue weighted by molar-refractivity contribution is -0.119. The van der Waals surface area contributed by atoms with Crippen molar-refractivity contribution in [2.75, 3.05) is 25.6 Å². The van der Waals surface area contributed by atoms with Crippen molar-refractivity contribution in [2.24, 2.45) is 11.7 Å². The molecule has 2 rings (SSSR count). The van der Waals surface area contributed by atoms with Gasteiger partial charge in [0.25, 0.3) is 0 Å². The van der Waals surface area contributed by atoms with Crippen LogP contribution in [0.4, 0.5) is 5.69 Å². The lowest BCUT2D eigenvalue weighted by atomic mass is 9.92. The number of nitrogens with two attached hydrogens (primary N) is 1. The third kappa shape index (κ3) is 4.37. The molecule has 1 amide bonds. The summed E-state index contributed by atoms with van der Waals surface area (Å²) in [6, 6.07) is 6.75. The highest BCUT2D eigenvalue weighted by atomic mass is 35.5. The molecule has 112 valence electrons. The van der Waals surface area contributed by atoms with Crippen molar-refractivity contribution in [3.63, 3.8) is 0 Å². The molecule has 0 radical (unpaired) electrons. The van der Waals surface area contributed by atoms with E-state index in [4.69, 9.17) is 15.2 Å². The maximum Gasteiger partial charge on any atom is 0.241 e. The van der Waals surface area contributed by atoms with E-state index in [-0.39, 0.29) is 24.2 Å². The SMILES string of the molecule is COc1cccc(NC(=O)C(N)C2CCOCC2)c1.Cl. The Kier molecular flexibility index (Phi) is 6.78. The lowest BCUT2D eigenvalue weighted by Gasteiger charge is -2.26. The maximum absolute atomic E-state index is 12.1. The Balaban J connectivity index is 0.00000200. The topological polar surface area (TPSA) is 73.6 Å². The van der Waals surface area contributed by atoms with Gasteiger partial charge in [0.2, 0.25) is 5.91 Å². The van der Waals surface area contributed by atoms with Crippen LogP contribution in [0.1, 0.15) is 12.8 Å². The number of amides is 1. The largest absolute Gasteiger partial charge is 0.497 e. The van der Waals surface area contributed by atoms with Crippen LogP contribution in [-0.2, 0) is 9.53 Å². The second-order valence-corrected chi connectivity index (χ2v) is 4.70. The first kappa shape index (κ1) is 16.8. The fourth-order valence-electron chi connectivity index (χ4n) is 2.22. The van der Waals surface area contributed by atoms with Crippen LogP contribution in [0.15, 0.2) is 24.3 Å². The number of ether oxygens (including phenoxy) is 2. The third-order valence-electron chi connectivity index (χ3n) is 3.41. The fraction of sp³-hybridized carbons (Fsp3) is 0.500. The Bertz CT molecular complexity index is 436. The summed E-state index contributed by atoms with van der Waals surface area (Å²) in [7, 11) is 1.59. The van der Waals surface area contributed by atoms with Crippen LogP contribution in [0.5, 0.6) is 5.75 Å². The van der Waals surface area contributed by atoms with Crippen molar-refractivity contribution in [3.8, 4) is 5.75 Å². The van der Waals surface area contributed by atoms with Crippen LogP contribution < -0.4 is 15.8 Å². The lowest BCUT2D eigenvalue weighted by Crippen LogP contribution is -2.43. The van der Waals surface area contributed by atoms with Crippen molar-refractivity contribution >= 4 is 24.0 Å². The van der Waals surface area contributed by atoms with Gasteiger partial charge in [0.05, 0.1) is 13.2 Å². The van der Waals surface area contributed by atoms with E-state index in [9.17, 15) is 4.79 Å². The first-order valence-electron chi connectivity index (χ1n) is 6.49. The molecule has 1 heterocycles. The quantitative estimate of drug-likeness (QED) is 0.889. The Hall–Kier alpha value is -1.30. The molecule has 6 heteroatoms. The minimum absolute atomic E-state index is 0. The molecule has 1 aromatic carbocycles. The Labute approximate surface area is 125 Å². The van der Waals surface area contributed by atoms with Gasteiger partial charge in [-0.3, -0.25) is 4.79 Å². The average Bonchev–Trinajstić information content (AvgIpc) is 2.47. The zero-order valence-corrected chi connectivity index (χ0v) is 12.3. The molecule has 1 saturated heterocycles. The molecule has 3 N–H and O–H groups in total. The van der Waals surface area contributed by atoms with Gasteiger partial charge in [-0.15, -0.1) is 12.4 Å². The number of carbonyl (C=O) groups excluding carboxylic acids is 1. The minimum atomic E-state index is -0.491. The Morgan fingerprint density at radius 3 is 2.80 bits per heavy atom. The highest BCUT2D eigenvalue weighted by Crippen LogP contribution is 2.20. The van der Waals surface area contributed by atoms with E-state index in [1.807, 2.05) is 18.2 Å². The van der Waals surface area contributed by atoms with Gasteiger partial charge in [-0.05, 0) is 30.9 Å². The van der Waals surface area contributed by atoms with Gasteiger partial charge in [0.15, 0.2) is 0 Å². The van der Waals surface area contributed by atoms with Crippen molar-refractivity contribution < 1.29 is 14.3 Å². The van der Waals surface area contributed by atoms with Gasteiger partial charge in [-0.25, -0.2) is 0 Å². The van der Waals surface area contributed by atoms with Crippen LogP contribution in [0.3, 0.4) is 0 Å². The van der Waals surface area contributed by atoms with Gasteiger partial charge in [-0.2, -0.15) is 0 Å². The summed E-state index contributed by atoms with van der Waals surface area (Å²) in [4.78, 5) is 12.1. The molecule has 1 aliphatic heterocycles. The first-order valence-corrected chi connectivity index (χ1v) is 6.49. The number of hydrogen-bond acceptors (Lipinski definition) is 4. The highest BCUT2D eigenvalue weighted by molar-refractivity contribution is 5.95. The predicted molar refractivity (Wildman–Crippen MR) is 80.4 cm³/mol. The van der Waals surface area contributed by atoms with Gasteiger partial charge in [0.1, 0.15) is 5.75 Å². The predicted octanol–water partition coefficient (Wildman–Crippen LogP) is 1.81. The van der Waals surface area contributed by atoms with E-state index in [1.54, 1.807) is 13.2 Å². The standard InChI is InChI=1S/C14H20N2O3.ClH/c1-18-12-4-2-3-11(9-12)16-14(17)13(15)10-5-7-19-8-6-10;/h2-4,9-10,13H,5-8,15H2,1H3,(H,16,17);1H. The Morgan fingerprint density at radius 2 is 2.15 bits per heavy atom. The van der Waals surface area contributed by atoms with E-state index < -0.39 is 6.04 Å². The van der Waals surface area contributed by atoms with Crippen molar-refractivity contribution in [1.82, 2.24) is 0 Å². The molecule has 1 unspecified atom stereocenters. The summed E-state index contributed by atoms with van der Waals surface area (Å²) in [6.07, 6.45) is 1.68. The summed E-state index contributed by atoms with van der Waals surface area (Å²) < 4.78 is 10.4. The van der Waals surface area contributed by atoms with Crippen LogP contribution in [0.25, 0.3) is 0 Å². The van der Waals surface area contributed by atoms with Gasteiger partial charge in [-0.1, -0.05) is 6.07 Å². The maximum atomic E-state index is 12.1. The molecule has 0 bridgehead atoms. The molecule has 1 fully saturated rings. The molecule has 1 aliphatic rings. The molecule has 0 aromatic heterocycles. The zero-order chi connectivity index (χ0) is 13.7. The number of nitrogens with one attached hydrogen (secondary N) is 1. The summed E-state index contributed by atoms with van der Waals surface area (Å²) in [5, 5.41) is 2.83. The summed E-state index contributed by atoms with van der Waals surface area (Å²) in [5.41, 5.74) is 6.71.